The lowest BCUT2D eigenvalue weighted by molar-refractivity contribution is -0.116. The van der Waals surface area contributed by atoms with Crippen molar-refractivity contribution < 1.29 is 4.79 Å². The molecule has 1 atom stereocenters. The summed E-state index contributed by atoms with van der Waals surface area (Å²) in [4.78, 5) is 26.7. The van der Waals surface area contributed by atoms with Gasteiger partial charge >= 0.3 is 0 Å². The average Bonchev–Trinajstić information content (AvgIpc) is 2.69. The first-order chi connectivity index (χ1) is 13.1. The largest absolute Gasteiger partial charge is 0.382 e. The minimum absolute atomic E-state index is 0.275. The van der Waals surface area contributed by atoms with Crippen LogP contribution in [0, 0.1) is 0 Å². The second-order valence-corrected chi connectivity index (χ2v) is 6.24. The van der Waals surface area contributed by atoms with E-state index in [4.69, 9.17) is 5.73 Å². The first kappa shape index (κ1) is 16.7. The molecule has 2 aromatic heterocycles. The molecule has 1 aliphatic rings. The Balaban J connectivity index is 1.86. The Morgan fingerprint density at radius 1 is 1.30 bits per heavy atom. The Bertz CT molecular complexity index is 1080. The molecule has 3 N–H and O–H groups in total. The normalized spacial score (nSPS) is 16.1. The predicted octanol–water partition coefficient (Wildman–Crippen LogP) is 2.49. The second kappa shape index (κ2) is 6.53. The van der Waals surface area contributed by atoms with E-state index in [-0.39, 0.29) is 11.9 Å². The Kier molecular flexibility index (Phi) is 4.04. The number of hydrogen-bond donors (Lipinski definition) is 2. The smallest absolute Gasteiger partial charge is 0.243 e. The van der Waals surface area contributed by atoms with E-state index < -0.39 is 0 Å². The van der Waals surface area contributed by atoms with Crippen molar-refractivity contribution in [2.45, 2.75) is 12.5 Å². The van der Waals surface area contributed by atoms with Crippen molar-refractivity contribution in [2.75, 3.05) is 10.6 Å². The molecule has 0 saturated heterocycles. The first-order valence-electron chi connectivity index (χ1n) is 8.44. The number of anilines is 3. The molecule has 1 unspecified atom stereocenters. The fourth-order valence-electron chi connectivity index (χ4n) is 3.28. The number of hydrogen-bond acceptors (Lipinski definition) is 6. The van der Waals surface area contributed by atoms with Crippen LogP contribution >= 0.6 is 0 Å². The molecule has 1 aliphatic heterocycles. The van der Waals surface area contributed by atoms with Crippen LogP contribution in [0.15, 0.2) is 67.8 Å². The topological polar surface area (TPSA) is 97.0 Å². The summed E-state index contributed by atoms with van der Waals surface area (Å²) in [7, 11) is 0. The lowest BCUT2D eigenvalue weighted by Gasteiger charge is -2.37. The predicted molar refractivity (Wildman–Crippen MR) is 105 cm³/mol. The number of amides is 1. The molecule has 27 heavy (non-hydrogen) atoms. The first-order valence-corrected chi connectivity index (χ1v) is 8.44. The van der Waals surface area contributed by atoms with Gasteiger partial charge in [-0.25, -0.2) is 9.97 Å². The van der Waals surface area contributed by atoms with Crippen LogP contribution in [0.3, 0.4) is 0 Å². The number of benzene rings is 1. The number of nitrogens with one attached hydrogen (secondary N) is 1. The number of aromatic nitrogens is 3. The molecule has 1 aromatic carbocycles. The molecule has 7 nitrogen and oxygen atoms in total. The van der Waals surface area contributed by atoms with Gasteiger partial charge in [-0.2, -0.15) is 0 Å². The van der Waals surface area contributed by atoms with E-state index >= 15 is 0 Å². The molecule has 7 heteroatoms. The van der Waals surface area contributed by atoms with Crippen LogP contribution in [-0.2, 0) is 11.2 Å². The highest BCUT2D eigenvalue weighted by Crippen LogP contribution is 2.40. The summed E-state index contributed by atoms with van der Waals surface area (Å²) >= 11 is 0. The third kappa shape index (κ3) is 2.89. The number of carbonyl (C=O) groups is 1. The minimum atomic E-state index is -0.344. The Morgan fingerprint density at radius 2 is 2.11 bits per heavy atom. The Morgan fingerprint density at radius 3 is 2.93 bits per heavy atom. The van der Waals surface area contributed by atoms with Crippen LogP contribution in [0.5, 0.6) is 0 Å². The molecule has 134 valence electrons. The molecule has 0 saturated carbocycles. The summed E-state index contributed by atoms with van der Waals surface area (Å²) in [6, 6.07) is 9.49. The summed E-state index contributed by atoms with van der Waals surface area (Å²) in [5.41, 5.74) is 9.89. The standard InChI is InChI=1S/C20H18N6O/c1-3-18(27)25-16-9-17-19(20(21)24-11-23-17)26(12(16)2)14-8-13-6-4-5-7-15(13)22-10-14/h3-8,10-11,16H,1-2,9H2,(H,25,27)(H2,21,23,24). The highest BCUT2D eigenvalue weighted by atomic mass is 16.1. The fraction of sp³-hybridized carbons (Fsp3) is 0.100. The van der Waals surface area contributed by atoms with Crippen molar-refractivity contribution in [1.82, 2.24) is 20.3 Å². The van der Waals surface area contributed by atoms with Crippen molar-refractivity contribution in [3.8, 4) is 0 Å². The molecular weight excluding hydrogens is 340 g/mol. The van der Waals surface area contributed by atoms with E-state index in [0.29, 0.717) is 23.6 Å². The number of nitrogens with two attached hydrogens (primary N) is 1. The van der Waals surface area contributed by atoms with Crippen LogP contribution in [0.1, 0.15) is 5.69 Å². The van der Waals surface area contributed by atoms with E-state index in [1.54, 1.807) is 6.20 Å². The second-order valence-electron chi connectivity index (χ2n) is 6.24. The molecule has 1 amide bonds. The number of para-hydroxylation sites is 1. The molecule has 3 heterocycles. The molecule has 0 bridgehead atoms. The molecule has 0 radical (unpaired) electrons. The van der Waals surface area contributed by atoms with Gasteiger partial charge in [-0.05, 0) is 18.2 Å². The average molecular weight is 358 g/mol. The van der Waals surface area contributed by atoms with Gasteiger partial charge in [-0.15, -0.1) is 0 Å². The number of nitrogens with zero attached hydrogens (tertiary/aromatic N) is 4. The zero-order valence-corrected chi connectivity index (χ0v) is 14.6. The number of carbonyl (C=O) groups excluding carboxylic acids is 1. The number of nitrogen functional groups attached to an aromatic ring is 1. The third-order valence-electron chi connectivity index (χ3n) is 4.57. The molecule has 0 spiro atoms. The van der Waals surface area contributed by atoms with E-state index in [2.05, 4.69) is 33.4 Å². The third-order valence-corrected chi connectivity index (χ3v) is 4.57. The summed E-state index contributed by atoms with van der Waals surface area (Å²) in [6.45, 7) is 7.71. The van der Waals surface area contributed by atoms with Gasteiger partial charge in [0.1, 0.15) is 12.0 Å². The van der Waals surface area contributed by atoms with Crippen molar-refractivity contribution >= 4 is 34.0 Å². The minimum Gasteiger partial charge on any atom is -0.382 e. The summed E-state index contributed by atoms with van der Waals surface area (Å²) in [6.07, 6.45) is 4.88. The van der Waals surface area contributed by atoms with Crippen molar-refractivity contribution in [3.05, 3.63) is 73.5 Å². The molecule has 4 rings (SSSR count). The SMILES string of the molecule is C=CC(=O)NC1Cc2ncnc(N)c2N(c2cnc3ccccc3c2)C1=C. The van der Waals surface area contributed by atoms with E-state index in [0.717, 1.165) is 22.3 Å². The van der Waals surface area contributed by atoms with Gasteiger partial charge in [0.2, 0.25) is 5.91 Å². The maximum Gasteiger partial charge on any atom is 0.243 e. The highest BCUT2D eigenvalue weighted by molar-refractivity contribution is 5.89. The fourth-order valence-corrected chi connectivity index (χ4v) is 3.28. The van der Waals surface area contributed by atoms with Gasteiger partial charge in [-0.1, -0.05) is 31.4 Å². The van der Waals surface area contributed by atoms with E-state index in [9.17, 15) is 4.79 Å². The summed E-state index contributed by atoms with van der Waals surface area (Å²) in [5.74, 6) is 0.0750. The van der Waals surface area contributed by atoms with Crippen LogP contribution in [0.2, 0.25) is 0 Å². The van der Waals surface area contributed by atoms with Gasteiger partial charge in [0, 0.05) is 17.5 Å². The molecule has 0 fully saturated rings. The lowest BCUT2D eigenvalue weighted by atomic mass is 9.98. The van der Waals surface area contributed by atoms with Crippen LogP contribution in [0.25, 0.3) is 10.9 Å². The zero-order chi connectivity index (χ0) is 19.0. The van der Waals surface area contributed by atoms with Gasteiger partial charge in [0.25, 0.3) is 0 Å². The Labute approximate surface area is 156 Å². The van der Waals surface area contributed by atoms with E-state index in [1.165, 1.54) is 12.4 Å². The summed E-state index contributed by atoms with van der Waals surface area (Å²) in [5, 5.41) is 3.88. The maximum atomic E-state index is 11.9. The van der Waals surface area contributed by atoms with Gasteiger partial charge < -0.3 is 16.0 Å². The van der Waals surface area contributed by atoms with Crippen molar-refractivity contribution in [2.24, 2.45) is 0 Å². The molecule has 3 aromatic rings. The van der Waals surface area contributed by atoms with Crippen molar-refractivity contribution in [3.63, 3.8) is 0 Å². The van der Waals surface area contributed by atoms with Gasteiger partial charge in [0.15, 0.2) is 5.82 Å². The van der Waals surface area contributed by atoms with Crippen LogP contribution in [-0.4, -0.2) is 26.9 Å². The number of fused-ring (bicyclic) bond motifs is 2. The number of rotatable bonds is 3. The van der Waals surface area contributed by atoms with Crippen LogP contribution < -0.4 is 16.0 Å². The lowest BCUT2D eigenvalue weighted by Crippen LogP contribution is -2.44. The molecular formula is C20H18N6O. The van der Waals surface area contributed by atoms with Gasteiger partial charge in [0.05, 0.1) is 29.1 Å². The van der Waals surface area contributed by atoms with Crippen LogP contribution in [0.4, 0.5) is 17.2 Å². The van der Waals surface area contributed by atoms with Crippen molar-refractivity contribution in [1.29, 1.82) is 0 Å². The quantitative estimate of drug-likeness (QED) is 0.698. The maximum absolute atomic E-state index is 11.9. The number of pyridine rings is 1. The van der Waals surface area contributed by atoms with E-state index in [1.807, 2.05) is 35.2 Å². The highest BCUT2D eigenvalue weighted by Gasteiger charge is 2.33. The monoisotopic (exact) mass is 358 g/mol. The summed E-state index contributed by atoms with van der Waals surface area (Å²) < 4.78 is 0. The van der Waals surface area contributed by atoms with Gasteiger partial charge in [-0.3, -0.25) is 9.78 Å². The molecule has 0 aliphatic carbocycles. The Hall–Kier alpha value is -3.74. The zero-order valence-electron chi connectivity index (χ0n) is 14.6.